The number of esters is 1. The zero-order valence-electron chi connectivity index (χ0n) is 14.6. The van der Waals surface area contributed by atoms with Crippen molar-refractivity contribution in [3.05, 3.63) is 75.8 Å². The molecule has 0 aromatic heterocycles. The summed E-state index contributed by atoms with van der Waals surface area (Å²) < 4.78 is 5.27. The summed E-state index contributed by atoms with van der Waals surface area (Å²) in [5, 5.41) is 13.2. The standard InChI is InChI=1S/C19H18N2O6/c1-2-16(22)20-12-17(23)27-19(18(24)13-6-4-3-5-7-13)14-8-10-15(11-9-14)21(25)26/h3-11,19H,2,12H2,1H3,(H,20,22)/t19-/m0/s1. The molecule has 0 saturated carbocycles. The van der Waals surface area contributed by atoms with Crippen LogP contribution >= 0.6 is 0 Å². The van der Waals surface area contributed by atoms with E-state index in [2.05, 4.69) is 5.32 Å². The van der Waals surface area contributed by atoms with Gasteiger partial charge in [0.25, 0.3) is 5.69 Å². The third-order valence-electron chi connectivity index (χ3n) is 3.70. The first-order chi connectivity index (χ1) is 12.9. The highest BCUT2D eigenvalue weighted by Crippen LogP contribution is 2.25. The minimum Gasteiger partial charge on any atom is -0.448 e. The molecule has 0 heterocycles. The van der Waals surface area contributed by atoms with Crippen molar-refractivity contribution < 1.29 is 24.0 Å². The van der Waals surface area contributed by atoms with E-state index < -0.39 is 22.8 Å². The first-order valence-electron chi connectivity index (χ1n) is 8.22. The summed E-state index contributed by atoms with van der Waals surface area (Å²) in [7, 11) is 0. The Morgan fingerprint density at radius 3 is 2.26 bits per heavy atom. The highest BCUT2D eigenvalue weighted by molar-refractivity contribution is 6.01. The molecule has 2 rings (SSSR count). The number of amides is 1. The number of hydrogen-bond donors (Lipinski definition) is 1. The van der Waals surface area contributed by atoms with Crippen LogP contribution in [-0.4, -0.2) is 29.1 Å². The first-order valence-corrected chi connectivity index (χ1v) is 8.22. The van der Waals surface area contributed by atoms with Gasteiger partial charge in [0.1, 0.15) is 6.54 Å². The van der Waals surface area contributed by atoms with Crippen LogP contribution in [0.4, 0.5) is 5.69 Å². The summed E-state index contributed by atoms with van der Waals surface area (Å²) in [6.07, 6.45) is -1.07. The number of ketones is 1. The molecule has 2 aromatic rings. The largest absolute Gasteiger partial charge is 0.448 e. The van der Waals surface area contributed by atoms with Gasteiger partial charge in [-0.3, -0.25) is 24.5 Å². The molecule has 0 bridgehead atoms. The number of nitro groups is 1. The Morgan fingerprint density at radius 2 is 1.70 bits per heavy atom. The summed E-state index contributed by atoms with van der Waals surface area (Å²) >= 11 is 0. The van der Waals surface area contributed by atoms with Gasteiger partial charge in [0.05, 0.1) is 4.92 Å². The minimum absolute atomic E-state index is 0.147. The number of hydrogen-bond acceptors (Lipinski definition) is 6. The second kappa shape index (κ2) is 9.23. The molecular formula is C19H18N2O6. The molecule has 8 heteroatoms. The van der Waals surface area contributed by atoms with Crippen LogP contribution in [0.2, 0.25) is 0 Å². The van der Waals surface area contributed by atoms with E-state index in [9.17, 15) is 24.5 Å². The van der Waals surface area contributed by atoms with Gasteiger partial charge in [-0.2, -0.15) is 0 Å². The summed E-state index contributed by atoms with van der Waals surface area (Å²) in [4.78, 5) is 46.4. The molecule has 1 N–H and O–H groups in total. The minimum atomic E-state index is -1.28. The van der Waals surface area contributed by atoms with E-state index in [4.69, 9.17) is 4.74 Å². The molecule has 0 fully saturated rings. The molecule has 1 amide bonds. The van der Waals surface area contributed by atoms with E-state index in [1.54, 1.807) is 37.3 Å². The zero-order valence-corrected chi connectivity index (χ0v) is 14.6. The Morgan fingerprint density at radius 1 is 1.07 bits per heavy atom. The average molecular weight is 370 g/mol. The van der Waals surface area contributed by atoms with Crippen molar-refractivity contribution in [3.63, 3.8) is 0 Å². The number of carbonyl (C=O) groups excluding carboxylic acids is 3. The van der Waals surface area contributed by atoms with Crippen molar-refractivity contribution >= 4 is 23.3 Å². The topological polar surface area (TPSA) is 116 Å². The normalized spacial score (nSPS) is 11.3. The molecule has 0 aliphatic heterocycles. The molecular weight excluding hydrogens is 352 g/mol. The molecule has 0 unspecified atom stereocenters. The van der Waals surface area contributed by atoms with Crippen LogP contribution in [0.15, 0.2) is 54.6 Å². The number of nitrogens with zero attached hydrogens (tertiary/aromatic N) is 1. The number of ether oxygens (including phenoxy) is 1. The molecule has 0 aliphatic carbocycles. The number of carbonyl (C=O) groups is 3. The van der Waals surface area contributed by atoms with E-state index in [-0.39, 0.29) is 24.6 Å². The summed E-state index contributed by atoms with van der Waals surface area (Å²) in [5.74, 6) is -1.59. The van der Waals surface area contributed by atoms with Crippen LogP contribution in [0, 0.1) is 10.1 Å². The van der Waals surface area contributed by atoms with Crippen molar-refractivity contribution in [2.24, 2.45) is 0 Å². The third kappa shape index (κ3) is 5.46. The smallest absolute Gasteiger partial charge is 0.326 e. The number of nitro benzene ring substituents is 1. The average Bonchev–Trinajstić information content (AvgIpc) is 2.70. The van der Waals surface area contributed by atoms with Crippen molar-refractivity contribution in [1.82, 2.24) is 5.32 Å². The molecule has 0 aliphatic rings. The van der Waals surface area contributed by atoms with Gasteiger partial charge < -0.3 is 10.1 Å². The summed E-state index contributed by atoms with van der Waals surface area (Å²) in [6, 6.07) is 13.4. The third-order valence-corrected chi connectivity index (χ3v) is 3.70. The van der Waals surface area contributed by atoms with Crippen molar-refractivity contribution in [1.29, 1.82) is 0 Å². The number of non-ortho nitro benzene ring substituents is 1. The van der Waals surface area contributed by atoms with Gasteiger partial charge in [0.2, 0.25) is 11.7 Å². The quantitative estimate of drug-likeness (QED) is 0.330. The van der Waals surface area contributed by atoms with Crippen LogP contribution in [-0.2, 0) is 14.3 Å². The fraction of sp³-hybridized carbons (Fsp3) is 0.211. The molecule has 0 spiro atoms. The lowest BCUT2D eigenvalue weighted by atomic mass is 9.99. The molecule has 0 radical (unpaired) electrons. The Bertz CT molecular complexity index is 833. The lowest BCUT2D eigenvalue weighted by Crippen LogP contribution is -2.32. The molecule has 1 atom stereocenters. The second-order valence-corrected chi connectivity index (χ2v) is 5.58. The summed E-state index contributed by atoms with van der Waals surface area (Å²) in [5.41, 5.74) is 0.474. The number of Topliss-reactive ketones (excluding diaryl/α,β-unsaturated/α-hetero) is 1. The highest BCUT2D eigenvalue weighted by Gasteiger charge is 2.26. The van der Waals surface area contributed by atoms with Gasteiger partial charge in [-0.1, -0.05) is 37.3 Å². The van der Waals surface area contributed by atoms with Crippen molar-refractivity contribution in [3.8, 4) is 0 Å². The van der Waals surface area contributed by atoms with Gasteiger partial charge in [-0.15, -0.1) is 0 Å². The SMILES string of the molecule is CCC(=O)NCC(=O)O[C@H](C(=O)c1ccccc1)c1ccc([N+](=O)[O-])cc1. The van der Waals surface area contributed by atoms with Gasteiger partial charge in [-0.25, -0.2) is 0 Å². The Hall–Kier alpha value is -3.55. The Balaban J connectivity index is 2.25. The van der Waals surface area contributed by atoms with E-state index in [0.29, 0.717) is 11.1 Å². The molecule has 27 heavy (non-hydrogen) atoms. The van der Waals surface area contributed by atoms with Crippen LogP contribution in [0.25, 0.3) is 0 Å². The van der Waals surface area contributed by atoms with Gasteiger partial charge in [0, 0.05) is 29.7 Å². The van der Waals surface area contributed by atoms with Crippen LogP contribution in [0.3, 0.4) is 0 Å². The Labute approximate surface area is 155 Å². The maximum absolute atomic E-state index is 12.8. The fourth-order valence-corrected chi connectivity index (χ4v) is 2.27. The maximum Gasteiger partial charge on any atom is 0.326 e. The van der Waals surface area contributed by atoms with Gasteiger partial charge in [-0.05, 0) is 12.1 Å². The predicted molar refractivity (Wildman–Crippen MR) is 96.0 cm³/mol. The van der Waals surface area contributed by atoms with Crippen LogP contribution in [0.5, 0.6) is 0 Å². The lowest BCUT2D eigenvalue weighted by molar-refractivity contribution is -0.384. The maximum atomic E-state index is 12.8. The van der Waals surface area contributed by atoms with Gasteiger partial charge >= 0.3 is 5.97 Å². The van der Waals surface area contributed by atoms with E-state index in [0.717, 1.165) is 0 Å². The summed E-state index contributed by atoms with van der Waals surface area (Å²) in [6.45, 7) is 1.26. The van der Waals surface area contributed by atoms with Gasteiger partial charge in [0.15, 0.2) is 6.10 Å². The molecule has 140 valence electrons. The molecule has 0 saturated heterocycles. The fourth-order valence-electron chi connectivity index (χ4n) is 2.27. The highest BCUT2D eigenvalue weighted by atomic mass is 16.6. The lowest BCUT2D eigenvalue weighted by Gasteiger charge is -2.17. The zero-order chi connectivity index (χ0) is 19.8. The second-order valence-electron chi connectivity index (χ2n) is 5.58. The predicted octanol–water partition coefficient (Wildman–Crippen LogP) is 2.59. The van der Waals surface area contributed by atoms with E-state index in [1.807, 2.05) is 0 Å². The van der Waals surface area contributed by atoms with Crippen LogP contribution in [0.1, 0.15) is 35.4 Å². The molecule has 2 aromatic carbocycles. The monoisotopic (exact) mass is 370 g/mol. The number of rotatable bonds is 8. The number of nitrogens with one attached hydrogen (secondary N) is 1. The molecule has 8 nitrogen and oxygen atoms in total. The Kier molecular flexibility index (Phi) is 6.76. The van der Waals surface area contributed by atoms with E-state index >= 15 is 0 Å². The van der Waals surface area contributed by atoms with Crippen molar-refractivity contribution in [2.45, 2.75) is 19.4 Å². The van der Waals surface area contributed by atoms with E-state index in [1.165, 1.54) is 24.3 Å². The van der Waals surface area contributed by atoms with Crippen molar-refractivity contribution in [2.75, 3.05) is 6.54 Å². The van der Waals surface area contributed by atoms with Crippen LogP contribution < -0.4 is 5.32 Å². The first kappa shape index (κ1) is 19.8. The number of benzene rings is 2.